The maximum absolute atomic E-state index is 13.2. The predicted molar refractivity (Wildman–Crippen MR) is 142 cm³/mol. The van der Waals surface area contributed by atoms with E-state index in [9.17, 15) is 19.2 Å². The SMILES string of the molecule is Cc1cccc(NC(=O)c2ccc(N3C(=O)c4ccc(C(=O)Nc5cccc(C)c5)cc4C3=O)cc2)c1. The van der Waals surface area contributed by atoms with Crippen molar-refractivity contribution in [3.05, 3.63) is 124 Å². The number of carbonyl (C=O) groups is 4. The van der Waals surface area contributed by atoms with Gasteiger partial charge < -0.3 is 10.6 Å². The number of aryl methyl sites for hydroxylation is 2. The molecular formula is C30H23N3O4. The fourth-order valence-electron chi connectivity index (χ4n) is 4.23. The number of rotatable bonds is 5. The van der Waals surface area contributed by atoms with E-state index >= 15 is 0 Å². The van der Waals surface area contributed by atoms with Crippen LogP contribution in [0.2, 0.25) is 0 Å². The lowest BCUT2D eigenvalue weighted by Crippen LogP contribution is -2.29. The maximum Gasteiger partial charge on any atom is 0.266 e. The van der Waals surface area contributed by atoms with Crippen molar-refractivity contribution in [1.29, 1.82) is 0 Å². The molecule has 1 heterocycles. The smallest absolute Gasteiger partial charge is 0.266 e. The molecule has 0 saturated carbocycles. The summed E-state index contributed by atoms with van der Waals surface area (Å²) in [6, 6.07) is 25.5. The Kier molecular flexibility index (Phi) is 6.11. The van der Waals surface area contributed by atoms with E-state index < -0.39 is 11.8 Å². The Morgan fingerprint density at radius 1 is 0.595 bits per heavy atom. The van der Waals surface area contributed by atoms with Crippen LogP contribution < -0.4 is 15.5 Å². The van der Waals surface area contributed by atoms with Crippen LogP contribution in [0.4, 0.5) is 17.1 Å². The van der Waals surface area contributed by atoms with Gasteiger partial charge in [-0.15, -0.1) is 0 Å². The minimum absolute atomic E-state index is 0.156. The summed E-state index contributed by atoms with van der Waals surface area (Å²) in [6.07, 6.45) is 0. The van der Waals surface area contributed by atoms with Crippen molar-refractivity contribution in [1.82, 2.24) is 0 Å². The standard InChI is InChI=1S/C30H23N3O4/c1-18-5-3-7-22(15-18)31-27(34)20-9-12-24(13-10-20)33-29(36)25-14-11-21(17-26(25)30(33)37)28(35)32-23-8-4-6-19(2)16-23/h3-17H,1-2H3,(H,31,34)(H,32,35). The summed E-state index contributed by atoms with van der Waals surface area (Å²) in [7, 11) is 0. The van der Waals surface area contributed by atoms with Gasteiger partial charge in [0.2, 0.25) is 0 Å². The molecule has 0 unspecified atom stereocenters. The summed E-state index contributed by atoms with van der Waals surface area (Å²) in [4.78, 5) is 52.6. The molecule has 37 heavy (non-hydrogen) atoms. The number of amides is 4. The van der Waals surface area contributed by atoms with E-state index in [-0.39, 0.29) is 28.5 Å². The van der Waals surface area contributed by atoms with Gasteiger partial charge in [0.05, 0.1) is 16.8 Å². The van der Waals surface area contributed by atoms with Crippen molar-refractivity contribution in [2.45, 2.75) is 13.8 Å². The Bertz CT molecular complexity index is 1570. The van der Waals surface area contributed by atoms with Crippen molar-refractivity contribution in [2.75, 3.05) is 15.5 Å². The number of hydrogen-bond acceptors (Lipinski definition) is 4. The Hall–Kier alpha value is -5.04. The van der Waals surface area contributed by atoms with Gasteiger partial charge in [0.1, 0.15) is 0 Å². The minimum atomic E-state index is -0.526. The molecule has 7 nitrogen and oxygen atoms in total. The summed E-state index contributed by atoms with van der Waals surface area (Å²) in [5.74, 6) is -1.69. The molecule has 0 radical (unpaired) electrons. The van der Waals surface area contributed by atoms with Gasteiger partial charge in [-0.2, -0.15) is 0 Å². The van der Waals surface area contributed by atoms with Crippen LogP contribution in [0.15, 0.2) is 91.0 Å². The zero-order valence-electron chi connectivity index (χ0n) is 20.2. The summed E-state index contributed by atoms with van der Waals surface area (Å²) in [6.45, 7) is 3.86. The highest BCUT2D eigenvalue weighted by atomic mass is 16.2. The molecule has 182 valence electrons. The second-order valence-electron chi connectivity index (χ2n) is 8.90. The van der Waals surface area contributed by atoms with Gasteiger partial charge in [-0.3, -0.25) is 19.2 Å². The highest BCUT2D eigenvalue weighted by molar-refractivity contribution is 6.34. The zero-order chi connectivity index (χ0) is 26.1. The van der Waals surface area contributed by atoms with Gasteiger partial charge in [0.25, 0.3) is 23.6 Å². The number of fused-ring (bicyclic) bond motifs is 1. The number of anilines is 3. The summed E-state index contributed by atoms with van der Waals surface area (Å²) < 4.78 is 0. The van der Waals surface area contributed by atoms with E-state index in [4.69, 9.17) is 0 Å². The first-order chi connectivity index (χ1) is 17.8. The number of imide groups is 1. The molecule has 0 aliphatic carbocycles. The number of carbonyl (C=O) groups excluding carboxylic acids is 4. The van der Waals surface area contributed by atoms with E-state index in [1.165, 1.54) is 18.2 Å². The lowest BCUT2D eigenvalue weighted by Gasteiger charge is -2.14. The molecule has 1 aliphatic rings. The molecular weight excluding hydrogens is 466 g/mol. The Morgan fingerprint density at radius 2 is 1.11 bits per heavy atom. The summed E-state index contributed by atoms with van der Waals surface area (Å²) >= 11 is 0. The minimum Gasteiger partial charge on any atom is -0.322 e. The Morgan fingerprint density at radius 3 is 1.68 bits per heavy atom. The molecule has 4 aromatic rings. The highest BCUT2D eigenvalue weighted by Gasteiger charge is 2.37. The molecule has 1 aliphatic heterocycles. The van der Waals surface area contributed by atoms with E-state index in [1.807, 2.05) is 50.2 Å². The molecule has 5 rings (SSSR count). The molecule has 0 aromatic heterocycles. The quantitative estimate of drug-likeness (QED) is 0.356. The molecule has 4 amide bonds. The van der Waals surface area contributed by atoms with Crippen LogP contribution in [0.25, 0.3) is 0 Å². The third-order valence-electron chi connectivity index (χ3n) is 6.09. The molecule has 7 heteroatoms. The predicted octanol–water partition coefficient (Wildman–Crippen LogP) is 5.61. The highest BCUT2D eigenvalue weighted by Crippen LogP contribution is 2.30. The van der Waals surface area contributed by atoms with Crippen LogP contribution in [0.1, 0.15) is 52.6 Å². The average molecular weight is 490 g/mol. The van der Waals surface area contributed by atoms with Crippen LogP contribution in [0.3, 0.4) is 0 Å². The molecule has 0 saturated heterocycles. The van der Waals surface area contributed by atoms with Gasteiger partial charge in [-0.25, -0.2) is 4.90 Å². The average Bonchev–Trinajstić information content (AvgIpc) is 3.13. The monoisotopic (exact) mass is 489 g/mol. The van der Waals surface area contributed by atoms with Crippen LogP contribution in [0.5, 0.6) is 0 Å². The Balaban J connectivity index is 1.33. The lowest BCUT2D eigenvalue weighted by molar-refractivity contribution is 0.0924. The molecule has 0 fully saturated rings. The molecule has 0 atom stereocenters. The van der Waals surface area contributed by atoms with E-state index in [1.54, 1.807) is 36.4 Å². The largest absolute Gasteiger partial charge is 0.322 e. The molecule has 2 N–H and O–H groups in total. The van der Waals surface area contributed by atoms with E-state index in [2.05, 4.69) is 10.6 Å². The first-order valence-electron chi connectivity index (χ1n) is 11.7. The lowest BCUT2D eigenvalue weighted by atomic mass is 10.1. The zero-order valence-corrected chi connectivity index (χ0v) is 20.2. The topological polar surface area (TPSA) is 95.6 Å². The Labute approximate surface area is 213 Å². The van der Waals surface area contributed by atoms with Crippen LogP contribution >= 0.6 is 0 Å². The second kappa shape index (κ2) is 9.54. The third-order valence-corrected chi connectivity index (χ3v) is 6.09. The first-order valence-corrected chi connectivity index (χ1v) is 11.7. The van der Waals surface area contributed by atoms with Gasteiger partial charge in [0, 0.05) is 22.5 Å². The van der Waals surface area contributed by atoms with Gasteiger partial charge in [-0.05, 0) is 91.7 Å². The normalized spacial score (nSPS) is 12.3. The summed E-state index contributed by atoms with van der Waals surface area (Å²) in [5, 5.41) is 5.64. The molecule has 0 bridgehead atoms. The van der Waals surface area contributed by atoms with E-state index in [0.29, 0.717) is 22.6 Å². The number of benzene rings is 4. The maximum atomic E-state index is 13.2. The molecule has 4 aromatic carbocycles. The van der Waals surface area contributed by atoms with Crippen molar-refractivity contribution in [3.63, 3.8) is 0 Å². The van der Waals surface area contributed by atoms with Crippen molar-refractivity contribution in [3.8, 4) is 0 Å². The van der Waals surface area contributed by atoms with Crippen LogP contribution in [0, 0.1) is 13.8 Å². The second-order valence-corrected chi connectivity index (χ2v) is 8.90. The van der Waals surface area contributed by atoms with Gasteiger partial charge in [0.15, 0.2) is 0 Å². The van der Waals surface area contributed by atoms with Crippen molar-refractivity contribution in [2.24, 2.45) is 0 Å². The van der Waals surface area contributed by atoms with Crippen LogP contribution in [-0.4, -0.2) is 23.6 Å². The first kappa shape index (κ1) is 23.7. The fourth-order valence-corrected chi connectivity index (χ4v) is 4.23. The third kappa shape index (κ3) is 4.75. The van der Waals surface area contributed by atoms with E-state index in [0.717, 1.165) is 16.0 Å². The van der Waals surface area contributed by atoms with Gasteiger partial charge in [-0.1, -0.05) is 24.3 Å². The molecule has 0 spiro atoms. The van der Waals surface area contributed by atoms with Crippen molar-refractivity contribution >= 4 is 40.7 Å². The number of nitrogens with zero attached hydrogens (tertiary/aromatic N) is 1. The summed E-state index contributed by atoms with van der Waals surface area (Å²) in [5.41, 5.74) is 4.71. The number of hydrogen-bond donors (Lipinski definition) is 2. The van der Waals surface area contributed by atoms with Crippen molar-refractivity contribution < 1.29 is 19.2 Å². The number of nitrogens with one attached hydrogen (secondary N) is 2. The fraction of sp³-hybridized carbons (Fsp3) is 0.0667. The van der Waals surface area contributed by atoms with Crippen LogP contribution in [-0.2, 0) is 0 Å². The van der Waals surface area contributed by atoms with Gasteiger partial charge >= 0.3 is 0 Å².